The van der Waals surface area contributed by atoms with Crippen LogP contribution in [-0.4, -0.2) is 44.6 Å². The molecule has 0 radical (unpaired) electrons. The topological polar surface area (TPSA) is 78.4 Å². The monoisotopic (exact) mass is 423 g/mol. The summed E-state index contributed by atoms with van der Waals surface area (Å²) in [5.74, 6) is 0.528. The summed E-state index contributed by atoms with van der Waals surface area (Å²) in [5, 5.41) is 0. The second kappa shape index (κ2) is 8.71. The van der Waals surface area contributed by atoms with Crippen LogP contribution in [0.2, 0.25) is 0 Å². The first-order valence-corrected chi connectivity index (χ1v) is 11.6. The van der Waals surface area contributed by atoms with Crippen LogP contribution in [0.4, 0.5) is 17.3 Å². The van der Waals surface area contributed by atoms with Gasteiger partial charge in [0.1, 0.15) is 0 Å². The van der Waals surface area contributed by atoms with Crippen LogP contribution in [0.25, 0.3) is 0 Å². The number of benzene rings is 2. The van der Waals surface area contributed by atoms with E-state index in [-0.39, 0.29) is 5.75 Å². The molecule has 1 saturated heterocycles. The highest BCUT2D eigenvalue weighted by molar-refractivity contribution is 7.91. The molecule has 3 aromatic rings. The number of hydrogen-bond donors (Lipinski definition) is 1. The molecule has 0 atom stereocenters. The molecule has 1 aromatic heterocycles. The lowest BCUT2D eigenvalue weighted by Crippen LogP contribution is -2.47. The molecule has 156 valence electrons. The standard InChI is InChI=1S/C22H25N5O2S/c1-18-7-9-19(10-8-18)17-30(28,29)25-20-15-23-22(24-16-20)27-13-11-26(12-14-27)21-5-3-2-4-6-21/h2-10,15-16,25H,11-14,17H2,1H3. The zero-order valence-electron chi connectivity index (χ0n) is 16.9. The van der Waals surface area contributed by atoms with Crippen molar-refractivity contribution in [3.63, 3.8) is 0 Å². The van der Waals surface area contributed by atoms with Gasteiger partial charge in [0, 0.05) is 31.9 Å². The summed E-state index contributed by atoms with van der Waals surface area (Å²) in [7, 11) is -3.53. The Kier molecular flexibility index (Phi) is 5.85. The van der Waals surface area contributed by atoms with Crippen molar-refractivity contribution in [2.75, 3.05) is 40.7 Å². The second-order valence-corrected chi connectivity index (χ2v) is 9.15. The van der Waals surface area contributed by atoms with Gasteiger partial charge in [0.15, 0.2) is 0 Å². The highest BCUT2D eigenvalue weighted by atomic mass is 32.2. The van der Waals surface area contributed by atoms with Gasteiger partial charge in [-0.1, -0.05) is 48.0 Å². The number of anilines is 3. The smallest absolute Gasteiger partial charge is 0.237 e. The fraction of sp³-hybridized carbons (Fsp3) is 0.273. The van der Waals surface area contributed by atoms with Crippen LogP contribution in [0.3, 0.4) is 0 Å². The van der Waals surface area contributed by atoms with Crippen LogP contribution >= 0.6 is 0 Å². The summed E-state index contributed by atoms with van der Waals surface area (Å²) in [4.78, 5) is 13.2. The van der Waals surface area contributed by atoms with Crippen LogP contribution in [0.15, 0.2) is 67.0 Å². The Morgan fingerprint density at radius 3 is 2.10 bits per heavy atom. The summed E-state index contributed by atoms with van der Waals surface area (Å²) < 4.78 is 27.4. The van der Waals surface area contributed by atoms with Gasteiger partial charge in [-0.3, -0.25) is 4.72 Å². The van der Waals surface area contributed by atoms with Crippen LogP contribution in [-0.2, 0) is 15.8 Å². The molecule has 0 amide bonds. The van der Waals surface area contributed by atoms with Gasteiger partial charge in [0.05, 0.1) is 23.8 Å². The normalized spacial score (nSPS) is 14.6. The summed E-state index contributed by atoms with van der Waals surface area (Å²) in [5.41, 5.74) is 3.42. The van der Waals surface area contributed by atoms with Crippen molar-refractivity contribution < 1.29 is 8.42 Å². The van der Waals surface area contributed by atoms with Crippen molar-refractivity contribution in [1.29, 1.82) is 0 Å². The molecule has 1 N–H and O–H groups in total. The van der Waals surface area contributed by atoms with Crippen LogP contribution in [0.1, 0.15) is 11.1 Å². The van der Waals surface area contributed by atoms with E-state index in [1.54, 1.807) is 0 Å². The highest BCUT2D eigenvalue weighted by Crippen LogP contribution is 2.19. The van der Waals surface area contributed by atoms with Crippen molar-refractivity contribution in [2.45, 2.75) is 12.7 Å². The predicted octanol–water partition coefficient (Wildman–Crippen LogP) is 3.05. The van der Waals surface area contributed by atoms with Gasteiger partial charge < -0.3 is 9.80 Å². The molecular formula is C22H25N5O2S. The molecule has 0 saturated carbocycles. The number of para-hydroxylation sites is 1. The van der Waals surface area contributed by atoms with Gasteiger partial charge in [-0.25, -0.2) is 18.4 Å². The first-order valence-electron chi connectivity index (χ1n) is 9.91. The third-order valence-corrected chi connectivity index (χ3v) is 6.33. The summed E-state index contributed by atoms with van der Waals surface area (Å²) in [6.07, 6.45) is 3.05. The van der Waals surface area contributed by atoms with E-state index < -0.39 is 10.0 Å². The molecule has 0 aliphatic carbocycles. The molecule has 2 heterocycles. The molecule has 2 aromatic carbocycles. The van der Waals surface area contributed by atoms with Crippen molar-refractivity contribution in [3.8, 4) is 0 Å². The van der Waals surface area contributed by atoms with E-state index in [2.05, 4.69) is 36.6 Å². The Hall–Kier alpha value is -3.13. The zero-order chi connectivity index (χ0) is 21.0. The number of aryl methyl sites for hydroxylation is 1. The Balaban J connectivity index is 1.34. The SMILES string of the molecule is Cc1ccc(CS(=O)(=O)Nc2cnc(N3CCN(c4ccccc4)CC3)nc2)cc1. The average Bonchev–Trinajstić information content (AvgIpc) is 2.76. The Bertz CT molecular complexity index is 1060. The molecule has 1 aliphatic heterocycles. The molecule has 4 rings (SSSR count). The lowest BCUT2D eigenvalue weighted by Gasteiger charge is -2.36. The molecule has 30 heavy (non-hydrogen) atoms. The number of hydrogen-bond acceptors (Lipinski definition) is 6. The van der Waals surface area contributed by atoms with Gasteiger partial charge in [-0.15, -0.1) is 0 Å². The van der Waals surface area contributed by atoms with Gasteiger partial charge >= 0.3 is 0 Å². The minimum Gasteiger partial charge on any atom is -0.368 e. The number of piperazine rings is 1. The maximum Gasteiger partial charge on any atom is 0.237 e. The zero-order valence-corrected chi connectivity index (χ0v) is 17.7. The average molecular weight is 424 g/mol. The third kappa shape index (κ3) is 5.07. The first-order chi connectivity index (χ1) is 14.5. The fourth-order valence-corrected chi connectivity index (χ4v) is 4.63. The highest BCUT2D eigenvalue weighted by Gasteiger charge is 2.19. The number of nitrogens with one attached hydrogen (secondary N) is 1. The van der Waals surface area contributed by atoms with Crippen LogP contribution in [0, 0.1) is 6.92 Å². The van der Waals surface area contributed by atoms with Crippen molar-refractivity contribution >= 4 is 27.3 Å². The molecule has 8 heteroatoms. The molecule has 0 spiro atoms. The first kappa shape index (κ1) is 20.2. The molecular weight excluding hydrogens is 398 g/mol. The van der Waals surface area contributed by atoms with E-state index in [4.69, 9.17) is 0 Å². The van der Waals surface area contributed by atoms with E-state index in [0.29, 0.717) is 11.6 Å². The minimum atomic E-state index is -3.53. The lowest BCUT2D eigenvalue weighted by atomic mass is 10.2. The molecule has 1 fully saturated rings. The summed E-state index contributed by atoms with van der Waals surface area (Å²) in [6, 6.07) is 17.8. The lowest BCUT2D eigenvalue weighted by molar-refractivity contribution is 0.600. The Morgan fingerprint density at radius 1 is 0.867 bits per heavy atom. The van der Waals surface area contributed by atoms with Crippen LogP contribution < -0.4 is 14.5 Å². The van der Waals surface area contributed by atoms with Crippen molar-refractivity contribution in [1.82, 2.24) is 9.97 Å². The Morgan fingerprint density at radius 2 is 1.47 bits per heavy atom. The molecule has 1 aliphatic rings. The molecule has 0 bridgehead atoms. The molecule has 7 nitrogen and oxygen atoms in total. The number of rotatable bonds is 6. The predicted molar refractivity (Wildman–Crippen MR) is 120 cm³/mol. The van der Waals surface area contributed by atoms with Crippen LogP contribution in [0.5, 0.6) is 0 Å². The van der Waals surface area contributed by atoms with E-state index >= 15 is 0 Å². The summed E-state index contributed by atoms with van der Waals surface area (Å²) >= 11 is 0. The second-order valence-electron chi connectivity index (χ2n) is 7.43. The quantitative estimate of drug-likeness (QED) is 0.657. The molecule has 0 unspecified atom stereocenters. The van der Waals surface area contributed by atoms with Gasteiger partial charge in [-0.2, -0.15) is 0 Å². The fourth-order valence-electron chi connectivity index (χ4n) is 3.46. The van der Waals surface area contributed by atoms with E-state index in [1.807, 2.05) is 49.4 Å². The van der Waals surface area contributed by atoms with Crippen molar-refractivity contribution in [2.24, 2.45) is 0 Å². The number of aromatic nitrogens is 2. The largest absolute Gasteiger partial charge is 0.368 e. The van der Waals surface area contributed by atoms with E-state index in [1.165, 1.54) is 18.1 Å². The van der Waals surface area contributed by atoms with Gasteiger partial charge in [-0.05, 0) is 24.6 Å². The minimum absolute atomic E-state index is 0.0868. The van der Waals surface area contributed by atoms with Gasteiger partial charge in [0.2, 0.25) is 16.0 Å². The van der Waals surface area contributed by atoms with Gasteiger partial charge in [0.25, 0.3) is 0 Å². The number of nitrogens with zero attached hydrogens (tertiary/aromatic N) is 4. The number of sulfonamides is 1. The van der Waals surface area contributed by atoms with Crippen molar-refractivity contribution in [3.05, 3.63) is 78.1 Å². The third-order valence-electron chi connectivity index (χ3n) is 5.07. The summed E-state index contributed by atoms with van der Waals surface area (Å²) in [6.45, 7) is 5.37. The Labute approximate surface area is 177 Å². The maximum atomic E-state index is 12.4. The maximum absolute atomic E-state index is 12.4. The van der Waals surface area contributed by atoms with E-state index in [0.717, 1.165) is 37.3 Å². The van der Waals surface area contributed by atoms with E-state index in [9.17, 15) is 8.42 Å².